The van der Waals surface area contributed by atoms with E-state index in [2.05, 4.69) is 39.2 Å². The molecule has 0 bridgehead atoms. The lowest BCUT2D eigenvalue weighted by Crippen LogP contribution is -2.37. The van der Waals surface area contributed by atoms with Crippen molar-refractivity contribution in [3.63, 3.8) is 0 Å². The monoisotopic (exact) mass is 497 g/mol. The molecule has 0 spiro atoms. The highest BCUT2D eigenvalue weighted by molar-refractivity contribution is 7.80. The summed E-state index contributed by atoms with van der Waals surface area (Å²) in [7, 11) is 1.66. The van der Waals surface area contributed by atoms with Gasteiger partial charge in [0.25, 0.3) is 0 Å². The van der Waals surface area contributed by atoms with Crippen molar-refractivity contribution in [3.8, 4) is 11.4 Å². The van der Waals surface area contributed by atoms with E-state index in [0.717, 1.165) is 34.2 Å². The van der Waals surface area contributed by atoms with Gasteiger partial charge in [-0.2, -0.15) is 0 Å². The summed E-state index contributed by atoms with van der Waals surface area (Å²) in [6.45, 7) is 2.16. The van der Waals surface area contributed by atoms with Gasteiger partial charge in [-0.3, -0.25) is 9.78 Å². The summed E-state index contributed by atoms with van der Waals surface area (Å²) in [6, 6.07) is 26.9. The van der Waals surface area contributed by atoms with Crippen LogP contribution in [0.5, 0.6) is 5.75 Å². The molecule has 0 aliphatic carbocycles. The van der Waals surface area contributed by atoms with Crippen molar-refractivity contribution in [1.29, 1.82) is 0 Å². The van der Waals surface area contributed by atoms with E-state index >= 15 is 0 Å². The van der Waals surface area contributed by atoms with E-state index in [1.807, 2.05) is 77.7 Å². The lowest BCUT2D eigenvalue weighted by molar-refractivity contribution is -0.116. The van der Waals surface area contributed by atoms with E-state index in [0.29, 0.717) is 5.11 Å². The Hall–Kier alpha value is -4.17. The molecule has 8 heteroatoms. The second-order valence-electron chi connectivity index (χ2n) is 8.60. The first-order valence-corrected chi connectivity index (χ1v) is 12.1. The first-order valence-electron chi connectivity index (χ1n) is 11.7. The molecular weight excluding hydrogens is 470 g/mol. The molecule has 2 unspecified atom stereocenters. The molecular formula is C28H27N5O2S. The Morgan fingerprint density at radius 2 is 1.78 bits per heavy atom. The predicted molar refractivity (Wildman–Crippen MR) is 144 cm³/mol. The van der Waals surface area contributed by atoms with Gasteiger partial charge in [0.05, 0.1) is 24.9 Å². The van der Waals surface area contributed by atoms with Crippen LogP contribution in [0.4, 0.5) is 5.69 Å². The summed E-state index contributed by atoms with van der Waals surface area (Å²) in [5, 5.41) is 6.91. The maximum absolute atomic E-state index is 13.1. The summed E-state index contributed by atoms with van der Waals surface area (Å²) < 4.78 is 7.54. The van der Waals surface area contributed by atoms with Gasteiger partial charge in [0.15, 0.2) is 5.11 Å². The molecule has 182 valence electrons. The van der Waals surface area contributed by atoms with Crippen LogP contribution < -0.4 is 15.4 Å². The van der Waals surface area contributed by atoms with E-state index in [4.69, 9.17) is 17.0 Å². The maximum Gasteiger partial charge on any atom is 0.244 e. The van der Waals surface area contributed by atoms with Gasteiger partial charge >= 0.3 is 0 Å². The number of aryl methyl sites for hydroxylation is 1. The number of ether oxygens (including phenoxy) is 1. The molecule has 7 nitrogen and oxygen atoms in total. The summed E-state index contributed by atoms with van der Waals surface area (Å²) in [5.41, 5.74) is 4.68. The number of nitrogens with one attached hydrogen (secondary N) is 2. The van der Waals surface area contributed by atoms with Crippen molar-refractivity contribution in [2.75, 3.05) is 19.0 Å². The SMILES string of the molecule is COc1ccc(-n2c(C)ccc2C2C(c3ccccn3)NC(=S)N2CC(=O)Nc2ccccc2)cc1. The number of para-hydroxylation sites is 1. The van der Waals surface area contributed by atoms with Gasteiger partial charge in [-0.05, 0) is 79.8 Å². The van der Waals surface area contributed by atoms with E-state index in [-0.39, 0.29) is 24.5 Å². The Morgan fingerprint density at radius 1 is 1.03 bits per heavy atom. The molecule has 1 aliphatic heterocycles. The van der Waals surface area contributed by atoms with Gasteiger partial charge < -0.3 is 24.8 Å². The minimum absolute atomic E-state index is 0.0988. The van der Waals surface area contributed by atoms with E-state index in [1.54, 1.807) is 13.3 Å². The number of thiocarbonyl (C=S) groups is 1. The number of pyridine rings is 1. The topological polar surface area (TPSA) is 71.4 Å². The van der Waals surface area contributed by atoms with Crippen LogP contribution in [-0.4, -0.2) is 39.1 Å². The number of rotatable bonds is 7. The molecule has 3 heterocycles. The number of methoxy groups -OCH3 is 1. The zero-order chi connectivity index (χ0) is 25.1. The second kappa shape index (κ2) is 10.2. The van der Waals surface area contributed by atoms with E-state index in [1.165, 1.54) is 0 Å². The molecule has 2 N–H and O–H groups in total. The molecule has 1 aliphatic rings. The molecule has 2 aromatic carbocycles. The predicted octanol–water partition coefficient (Wildman–Crippen LogP) is 4.80. The number of benzene rings is 2. The number of carbonyl (C=O) groups is 1. The highest BCUT2D eigenvalue weighted by Crippen LogP contribution is 2.40. The minimum atomic E-state index is -0.260. The normalized spacial score (nSPS) is 17.1. The summed E-state index contributed by atoms with van der Waals surface area (Å²) in [6.07, 6.45) is 1.77. The number of amides is 1. The Morgan fingerprint density at radius 3 is 2.47 bits per heavy atom. The number of anilines is 1. The quantitative estimate of drug-likeness (QED) is 0.358. The molecule has 1 saturated heterocycles. The summed E-state index contributed by atoms with van der Waals surface area (Å²) in [5.74, 6) is 0.649. The van der Waals surface area contributed by atoms with Crippen molar-refractivity contribution >= 4 is 28.9 Å². The fraction of sp³-hybridized carbons (Fsp3) is 0.179. The molecule has 1 fully saturated rings. The number of carbonyl (C=O) groups excluding carboxylic acids is 1. The highest BCUT2D eigenvalue weighted by atomic mass is 32.1. The lowest BCUT2D eigenvalue weighted by Gasteiger charge is -2.29. The van der Waals surface area contributed by atoms with Crippen LogP contribution in [0.1, 0.15) is 29.2 Å². The van der Waals surface area contributed by atoms with Crippen LogP contribution >= 0.6 is 12.2 Å². The number of nitrogens with zero attached hydrogens (tertiary/aromatic N) is 3. The smallest absolute Gasteiger partial charge is 0.244 e. The molecule has 2 aromatic heterocycles. The average molecular weight is 498 g/mol. The average Bonchev–Trinajstić information content (AvgIpc) is 3.44. The van der Waals surface area contributed by atoms with Crippen LogP contribution in [0, 0.1) is 6.92 Å². The van der Waals surface area contributed by atoms with E-state index in [9.17, 15) is 4.79 Å². The third-order valence-electron chi connectivity index (χ3n) is 6.31. The fourth-order valence-corrected chi connectivity index (χ4v) is 4.95. The zero-order valence-electron chi connectivity index (χ0n) is 20.1. The second-order valence-corrected chi connectivity index (χ2v) is 8.99. The summed E-state index contributed by atoms with van der Waals surface area (Å²) in [4.78, 5) is 19.6. The van der Waals surface area contributed by atoms with Crippen molar-refractivity contribution in [2.24, 2.45) is 0 Å². The standard InChI is InChI=1S/C28H27N5O2S/c1-19-11-16-24(33(19)21-12-14-22(35-2)15-13-21)27-26(23-10-6-7-17-29-23)31-28(36)32(27)18-25(34)30-20-8-4-3-5-9-20/h3-17,26-27H,18H2,1-2H3,(H,30,34)(H,31,36). The molecule has 4 aromatic rings. The Balaban J connectivity index is 1.54. The van der Waals surface area contributed by atoms with Crippen molar-refractivity contribution < 1.29 is 9.53 Å². The van der Waals surface area contributed by atoms with Gasteiger partial charge in [0, 0.05) is 29.0 Å². The van der Waals surface area contributed by atoms with Gasteiger partial charge in [0.1, 0.15) is 12.3 Å². The summed E-state index contributed by atoms with van der Waals surface area (Å²) >= 11 is 5.76. The van der Waals surface area contributed by atoms with Crippen molar-refractivity contribution in [1.82, 2.24) is 19.8 Å². The van der Waals surface area contributed by atoms with Gasteiger partial charge in [-0.25, -0.2) is 0 Å². The Kier molecular flexibility index (Phi) is 6.69. The molecule has 36 heavy (non-hydrogen) atoms. The molecule has 0 saturated carbocycles. The van der Waals surface area contributed by atoms with Gasteiger partial charge in [0.2, 0.25) is 5.91 Å². The van der Waals surface area contributed by atoms with Crippen LogP contribution in [0.25, 0.3) is 5.69 Å². The number of hydrogen-bond donors (Lipinski definition) is 2. The van der Waals surface area contributed by atoms with Crippen molar-refractivity contribution in [3.05, 3.63) is 108 Å². The van der Waals surface area contributed by atoms with Gasteiger partial charge in [-0.1, -0.05) is 24.3 Å². The molecule has 5 rings (SSSR count). The minimum Gasteiger partial charge on any atom is -0.497 e. The Labute approximate surface area is 215 Å². The number of hydrogen-bond acceptors (Lipinski definition) is 4. The van der Waals surface area contributed by atoms with Crippen LogP contribution in [-0.2, 0) is 4.79 Å². The van der Waals surface area contributed by atoms with Crippen molar-refractivity contribution in [2.45, 2.75) is 19.0 Å². The molecule has 0 radical (unpaired) electrons. The molecule has 1 amide bonds. The Bertz CT molecular complexity index is 1360. The molecule has 2 atom stereocenters. The fourth-order valence-electron chi connectivity index (χ4n) is 4.65. The zero-order valence-corrected chi connectivity index (χ0v) is 20.9. The third-order valence-corrected chi connectivity index (χ3v) is 6.66. The van der Waals surface area contributed by atoms with Gasteiger partial charge in [-0.15, -0.1) is 0 Å². The van der Waals surface area contributed by atoms with Crippen LogP contribution in [0.3, 0.4) is 0 Å². The van der Waals surface area contributed by atoms with Crippen LogP contribution in [0.2, 0.25) is 0 Å². The maximum atomic E-state index is 13.1. The highest BCUT2D eigenvalue weighted by Gasteiger charge is 2.42. The third kappa shape index (κ3) is 4.67. The first-order chi connectivity index (χ1) is 17.5. The first kappa shape index (κ1) is 23.6. The largest absolute Gasteiger partial charge is 0.497 e. The van der Waals surface area contributed by atoms with Crippen LogP contribution in [0.15, 0.2) is 91.1 Å². The van der Waals surface area contributed by atoms with E-state index < -0.39 is 0 Å². The lowest BCUT2D eigenvalue weighted by atomic mass is 10.0. The number of aromatic nitrogens is 2.